The van der Waals surface area contributed by atoms with Crippen LogP contribution in [0.25, 0.3) is 0 Å². The molecule has 172 valence electrons. The van der Waals surface area contributed by atoms with Gasteiger partial charge in [0.25, 0.3) is 0 Å². The minimum atomic E-state index is -0.250. The molecule has 1 aliphatic heterocycles. The van der Waals surface area contributed by atoms with E-state index in [1.54, 1.807) is 12.3 Å². The van der Waals surface area contributed by atoms with Gasteiger partial charge >= 0.3 is 0 Å². The largest absolute Gasteiger partial charge is 0.369 e. The van der Waals surface area contributed by atoms with Crippen molar-refractivity contribution in [2.24, 2.45) is 16.6 Å². The molecule has 0 aliphatic carbocycles. The van der Waals surface area contributed by atoms with E-state index >= 15 is 0 Å². The average molecular weight is 441 g/mol. The number of halogens is 1. The van der Waals surface area contributed by atoms with E-state index < -0.39 is 0 Å². The molecule has 0 radical (unpaired) electrons. The molecule has 1 fully saturated rings. The van der Waals surface area contributed by atoms with Gasteiger partial charge in [-0.25, -0.2) is 14.4 Å². The van der Waals surface area contributed by atoms with Gasteiger partial charge in [0.1, 0.15) is 11.6 Å². The van der Waals surface area contributed by atoms with Crippen molar-refractivity contribution in [1.29, 1.82) is 0 Å². The van der Waals surface area contributed by atoms with Crippen molar-refractivity contribution < 1.29 is 9.18 Å². The molecule has 1 aromatic heterocycles. The third-order valence-corrected chi connectivity index (χ3v) is 5.73. The molecule has 2 heterocycles. The normalized spacial score (nSPS) is 16.7. The molecule has 1 aliphatic rings. The molecule has 2 aromatic rings. The van der Waals surface area contributed by atoms with Crippen LogP contribution in [0.2, 0.25) is 0 Å². The van der Waals surface area contributed by atoms with Gasteiger partial charge in [-0.3, -0.25) is 4.79 Å². The van der Waals surface area contributed by atoms with E-state index in [9.17, 15) is 9.18 Å². The third-order valence-electron chi connectivity index (χ3n) is 5.73. The summed E-state index contributed by atoms with van der Waals surface area (Å²) in [6.07, 6.45) is 4.29. The van der Waals surface area contributed by atoms with Gasteiger partial charge in [0.2, 0.25) is 5.91 Å². The minimum absolute atomic E-state index is 0.143. The number of nitrogens with zero attached hydrogens (tertiary/aromatic N) is 3. The Kier molecular flexibility index (Phi) is 8.41. The van der Waals surface area contributed by atoms with Crippen LogP contribution in [0, 0.1) is 18.7 Å². The standard InChI is InChI=1S/C24H33FN6O/c1-3-27-24(29-12-10-18-8-9-21(25)14-17(18)2)30-15-19-6-4-11-28-23(19)31-13-5-7-20(16-31)22(26)32/h4,6,8-9,11,14,20H,3,5,7,10,12-13,15-16H2,1-2H3,(H2,26,32)(H2,27,29,30). The molecule has 1 unspecified atom stereocenters. The van der Waals surface area contributed by atoms with Crippen molar-refractivity contribution >= 4 is 17.7 Å². The van der Waals surface area contributed by atoms with Crippen molar-refractivity contribution in [3.05, 3.63) is 59.0 Å². The second-order valence-electron chi connectivity index (χ2n) is 8.12. The Bertz CT molecular complexity index is 948. The average Bonchev–Trinajstić information content (AvgIpc) is 2.79. The maximum absolute atomic E-state index is 13.3. The molecule has 1 saturated heterocycles. The van der Waals surface area contributed by atoms with Crippen molar-refractivity contribution in [3.63, 3.8) is 0 Å². The van der Waals surface area contributed by atoms with Crippen LogP contribution in [0.1, 0.15) is 36.5 Å². The van der Waals surface area contributed by atoms with Gasteiger partial charge in [-0.05, 0) is 62.4 Å². The molecular weight excluding hydrogens is 407 g/mol. The van der Waals surface area contributed by atoms with E-state index in [0.717, 1.165) is 60.8 Å². The number of aliphatic imine (C=N–C) groups is 1. The SMILES string of the molecule is CCNC(=NCc1cccnc1N1CCCC(C(N)=O)C1)NCCc1ccc(F)cc1C. The summed E-state index contributed by atoms with van der Waals surface area (Å²) in [5.74, 6) is 0.976. The Hall–Kier alpha value is -3.16. The topological polar surface area (TPSA) is 95.6 Å². The number of carbonyl (C=O) groups is 1. The lowest BCUT2D eigenvalue weighted by Gasteiger charge is -2.33. The fourth-order valence-electron chi connectivity index (χ4n) is 4.00. The number of nitrogens with two attached hydrogens (primary N) is 1. The fraction of sp³-hybridized carbons (Fsp3) is 0.458. The smallest absolute Gasteiger partial charge is 0.222 e. The van der Waals surface area contributed by atoms with Crippen LogP contribution in [0.15, 0.2) is 41.5 Å². The number of rotatable bonds is 8. The number of amides is 1. The maximum Gasteiger partial charge on any atom is 0.222 e. The summed E-state index contributed by atoms with van der Waals surface area (Å²) in [6, 6.07) is 8.81. The molecule has 1 atom stereocenters. The molecule has 7 nitrogen and oxygen atoms in total. The van der Waals surface area contributed by atoms with Gasteiger partial charge in [-0.2, -0.15) is 0 Å². The number of anilines is 1. The Morgan fingerprint density at radius 2 is 2.16 bits per heavy atom. The van der Waals surface area contributed by atoms with Crippen molar-refractivity contribution in [3.8, 4) is 0 Å². The molecule has 1 amide bonds. The third kappa shape index (κ3) is 6.42. The zero-order valence-corrected chi connectivity index (χ0v) is 18.9. The number of aryl methyl sites for hydroxylation is 1. The zero-order chi connectivity index (χ0) is 22.9. The van der Waals surface area contributed by atoms with Gasteiger partial charge in [0.05, 0.1) is 12.5 Å². The van der Waals surface area contributed by atoms with Crippen LogP contribution in [0.3, 0.4) is 0 Å². The summed E-state index contributed by atoms with van der Waals surface area (Å²) in [6.45, 7) is 7.29. The van der Waals surface area contributed by atoms with Crippen LogP contribution in [-0.4, -0.2) is 43.0 Å². The van der Waals surface area contributed by atoms with E-state index in [4.69, 9.17) is 10.7 Å². The van der Waals surface area contributed by atoms with Gasteiger partial charge in [-0.15, -0.1) is 0 Å². The lowest BCUT2D eigenvalue weighted by Crippen LogP contribution is -2.42. The monoisotopic (exact) mass is 440 g/mol. The highest BCUT2D eigenvalue weighted by molar-refractivity contribution is 5.80. The summed E-state index contributed by atoms with van der Waals surface area (Å²) in [5, 5.41) is 6.62. The van der Waals surface area contributed by atoms with Crippen LogP contribution in [-0.2, 0) is 17.8 Å². The van der Waals surface area contributed by atoms with E-state index in [2.05, 4.69) is 20.5 Å². The van der Waals surface area contributed by atoms with Gasteiger partial charge in [-0.1, -0.05) is 12.1 Å². The van der Waals surface area contributed by atoms with Gasteiger partial charge in [0.15, 0.2) is 5.96 Å². The second-order valence-corrected chi connectivity index (χ2v) is 8.12. The first-order valence-electron chi connectivity index (χ1n) is 11.2. The van der Waals surface area contributed by atoms with Crippen LogP contribution in [0.5, 0.6) is 0 Å². The first kappa shape index (κ1) is 23.5. The molecule has 32 heavy (non-hydrogen) atoms. The van der Waals surface area contributed by atoms with Crippen molar-refractivity contribution in [2.75, 3.05) is 31.1 Å². The first-order valence-corrected chi connectivity index (χ1v) is 11.2. The number of hydrogen-bond acceptors (Lipinski definition) is 4. The number of aromatic nitrogens is 1. The van der Waals surface area contributed by atoms with Crippen LogP contribution >= 0.6 is 0 Å². The summed E-state index contributed by atoms with van der Waals surface area (Å²) in [4.78, 5) is 23.1. The molecule has 0 saturated carbocycles. The molecule has 3 rings (SSSR count). The van der Waals surface area contributed by atoms with Crippen LogP contribution < -0.4 is 21.3 Å². The summed E-state index contributed by atoms with van der Waals surface area (Å²) in [5.41, 5.74) is 8.60. The predicted molar refractivity (Wildman–Crippen MR) is 126 cm³/mol. The number of piperidine rings is 1. The molecule has 4 N–H and O–H groups in total. The molecular formula is C24H33FN6O. The highest BCUT2D eigenvalue weighted by atomic mass is 19.1. The van der Waals surface area contributed by atoms with Gasteiger partial charge in [0, 0.05) is 37.9 Å². The maximum atomic E-state index is 13.3. The predicted octanol–water partition coefficient (Wildman–Crippen LogP) is 2.53. The molecule has 0 bridgehead atoms. The summed E-state index contributed by atoms with van der Waals surface area (Å²) in [7, 11) is 0. The first-order chi connectivity index (χ1) is 15.5. The Morgan fingerprint density at radius 3 is 2.91 bits per heavy atom. The van der Waals surface area contributed by atoms with Crippen molar-refractivity contribution in [2.45, 2.75) is 39.7 Å². The summed E-state index contributed by atoms with van der Waals surface area (Å²) < 4.78 is 13.3. The number of guanidine groups is 1. The number of nitrogens with one attached hydrogen (secondary N) is 2. The highest BCUT2D eigenvalue weighted by Crippen LogP contribution is 2.25. The Balaban J connectivity index is 1.65. The number of carbonyl (C=O) groups excluding carboxylic acids is 1. The number of hydrogen-bond donors (Lipinski definition) is 3. The lowest BCUT2D eigenvalue weighted by atomic mass is 9.97. The number of benzene rings is 1. The fourth-order valence-corrected chi connectivity index (χ4v) is 4.00. The molecule has 8 heteroatoms. The highest BCUT2D eigenvalue weighted by Gasteiger charge is 2.25. The molecule has 1 aromatic carbocycles. The van der Waals surface area contributed by atoms with Gasteiger partial charge < -0.3 is 21.3 Å². The number of pyridine rings is 1. The van der Waals surface area contributed by atoms with E-state index in [-0.39, 0.29) is 17.6 Å². The number of primary amides is 1. The van der Waals surface area contributed by atoms with Crippen molar-refractivity contribution in [1.82, 2.24) is 15.6 Å². The molecule has 0 spiro atoms. The second kappa shape index (κ2) is 11.5. The van der Waals surface area contributed by atoms with E-state index in [1.807, 2.05) is 32.0 Å². The summed E-state index contributed by atoms with van der Waals surface area (Å²) >= 11 is 0. The van der Waals surface area contributed by atoms with Crippen LogP contribution in [0.4, 0.5) is 10.2 Å². The quantitative estimate of drug-likeness (QED) is 0.433. The van der Waals surface area contributed by atoms with E-state index in [0.29, 0.717) is 19.6 Å². The minimum Gasteiger partial charge on any atom is -0.369 e. The van der Waals surface area contributed by atoms with E-state index in [1.165, 1.54) is 6.07 Å². The lowest BCUT2D eigenvalue weighted by molar-refractivity contribution is -0.122. The Morgan fingerprint density at radius 1 is 1.31 bits per heavy atom. The zero-order valence-electron chi connectivity index (χ0n) is 18.9. The Labute approximate surface area is 189 Å².